The standard InChI is InChI=1S/C7H18NO5P.C7H18NO4P/c1-3-12-14(10,13-4-2)7-11-6-5-8-9;1-3-11-13(9,12-4-2)7-10-6-5-8/h8-9H,3-7H2,1-2H3;3-8H2,1-2H3. The van der Waals surface area contributed by atoms with E-state index in [1.165, 1.54) is 0 Å². The van der Waals surface area contributed by atoms with Gasteiger partial charge in [0.25, 0.3) is 0 Å². The zero-order valence-electron chi connectivity index (χ0n) is 16.8. The summed E-state index contributed by atoms with van der Waals surface area (Å²) in [6.45, 7) is 9.62. The van der Waals surface area contributed by atoms with Gasteiger partial charge in [-0.15, -0.1) is 0 Å². The zero-order valence-corrected chi connectivity index (χ0v) is 18.5. The molecule has 11 nitrogen and oxygen atoms in total. The highest BCUT2D eigenvalue weighted by atomic mass is 31.2. The fourth-order valence-electron chi connectivity index (χ4n) is 1.56. The zero-order chi connectivity index (χ0) is 21.0. The maximum absolute atomic E-state index is 11.7. The van der Waals surface area contributed by atoms with Gasteiger partial charge in [0.05, 0.1) is 39.6 Å². The first-order valence-corrected chi connectivity index (χ1v) is 12.3. The molecule has 0 unspecified atom stereocenters. The predicted molar refractivity (Wildman–Crippen MR) is 102 cm³/mol. The number of hydroxylamine groups is 1. The first-order valence-electron chi connectivity index (χ1n) is 8.85. The number of rotatable bonds is 17. The van der Waals surface area contributed by atoms with Crippen LogP contribution in [0.2, 0.25) is 0 Å². The van der Waals surface area contributed by atoms with Gasteiger partial charge in [0.1, 0.15) is 12.7 Å². The molecule has 4 N–H and O–H groups in total. The van der Waals surface area contributed by atoms with Crippen LogP contribution in [0.3, 0.4) is 0 Å². The molecular formula is C14H36N2O9P2. The molecule has 0 amide bonds. The minimum absolute atomic E-state index is 0.0219. The van der Waals surface area contributed by atoms with Crippen molar-refractivity contribution in [3.05, 3.63) is 0 Å². The van der Waals surface area contributed by atoms with Crippen molar-refractivity contribution in [3.8, 4) is 0 Å². The number of nitrogens with two attached hydrogens (primary N) is 1. The Hall–Kier alpha value is 0.1000. The van der Waals surface area contributed by atoms with Crippen LogP contribution >= 0.6 is 15.2 Å². The third-order valence-corrected chi connectivity index (χ3v) is 6.03. The fraction of sp³-hybridized carbons (Fsp3) is 1.00. The highest BCUT2D eigenvalue weighted by Gasteiger charge is 2.24. The molecule has 0 rings (SSSR count). The van der Waals surface area contributed by atoms with Gasteiger partial charge in [0.15, 0.2) is 0 Å². The Bertz CT molecular complexity index is 396. The summed E-state index contributed by atoms with van der Waals surface area (Å²) in [5.41, 5.74) is 7.13. The summed E-state index contributed by atoms with van der Waals surface area (Å²) >= 11 is 0. The molecule has 166 valence electrons. The van der Waals surface area contributed by atoms with E-state index in [2.05, 4.69) is 0 Å². The van der Waals surface area contributed by atoms with Crippen molar-refractivity contribution in [1.82, 2.24) is 5.48 Å². The lowest BCUT2D eigenvalue weighted by Crippen LogP contribution is -2.16. The van der Waals surface area contributed by atoms with Crippen molar-refractivity contribution in [1.29, 1.82) is 0 Å². The monoisotopic (exact) mass is 438 g/mol. The topological polar surface area (TPSA) is 148 Å². The Kier molecular flexibility index (Phi) is 21.1. The molecule has 0 spiro atoms. The van der Waals surface area contributed by atoms with Gasteiger partial charge < -0.3 is 38.5 Å². The highest BCUT2D eigenvalue weighted by Crippen LogP contribution is 2.48. The van der Waals surface area contributed by atoms with E-state index < -0.39 is 15.2 Å². The largest absolute Gasteiger partial charge is 0.367 e. The summed E-state index contributed by atoms with van der Waals surface area (Å²) in [5, 5.41) is 8.24. The van der Waals surface area contributed by atoms with Crippen LogP contribution in [0.5, 0.6) is 0 Å². The first-order chi connectivity index (χ1) is 12.9. The van der Waals surface area contributed by atoms with Crippen molar-refractivity contribution >= 4 is 15.2 Å². The minimum atomic E-state index is -3.09. The van der Waals surface area contributed by atoms with Crippen molar-refractivity contribution in [3.63, 3.8) is 0 Å². The molecule has 0 saturated carbocycles. The van der Waals surface area contributed by atoms with Crippen LogP contribution in [-0.4, -0.2) is 70.6 Å². The predicted octanol–water partition coefficient (Wildman–Crippen LogP) is 2.39. The first kappa shape index (κ1) is 29.3. The molecule has 0 aromatic carbocycles. The van der Waals surface area contributed by atoms with Gasteiger partial charge in [-0.25, -0.2) is 5.48 Å². The van der Waals surface area contributed by atoms with Gasteiger partial charge in [-0.1, -0.05) is 0 Å². The number of hydrogen-bond donors (Lipinski definition) is 3. The quantitative estimate of drug-likeness (QED) is 0.175. The summed E-state index contributed by atoms with van der Waals surface area (Å²) in [5.74, 6) is 0. The summed E-state index contributed by atoms with van der Waals surface area (Å²) in [6.07, 6.45) is -0.109. The van der Waals surface area contributed by atoms with Gasteiger partial charge in [0, 0.05) is 13.1 Å². The fourth-order valence-corrected chi connectivity index (χ4v) is 4.29. The smallest absolute Gasteiger partial charge is 0.356 e. The molecule has 0 aromatic rings. The molecule has 0 saturated heterocycles. The van der Waals surface area contributed by atoms with Crippen molar-refractivity contribution in [2.75, 3.05) is 65.4 Å². The average molecular weight is 438 g/mol. The van der Waals surface area contributed by atoms with Crippen molar-refractivity contribution in [2.24, 2.45) is 5.73 Å². The number of ether oxygens (including phenoxy) is 2. The van der Waals surface area contributed by atoms with Crippen LogP contribution in [0, 0.1) is 0 Å². The second-order valence-corrected chi connectivity index (χ2v) is 8.66. The average Bonchev–Trinajstić information content (AvgIpc) is 2.60. The molecule has 0 atom stereocenters. The van der Waals surface area contributed by atoms with E-state index in [1.807, 2.05) is 5.48 Å². The molecule has 0 radical (unpaired) electrons. The third kappa shape index (κ3) is 17.9. The normalized spacial score (nSPS) is 11.9. The highest BCUT2D eigenvalue weighted by molar-refractivity contribution is 7.53. The lowest BCUT2D eigenvalue weighted by molar-refractivity contribution is 0.0957. The summed E-state index contributed by atoms with van der Waals surface area (Å²) in [4.78, 5) is 0. The lowest BCUT2D eigenvalue weighted by Gasteiger charge is -2.16. The SMILES string of the molecule is CCOP(=O)(COCCN)OCC.CCOP(=O)(COCCNO)OCC. The van der Waals surface area contributed by atoms with E-state index in [0.29, 0.717) is 39.6 Å². The summed E-state index contributed by atoms with van der Waals surface area (Å²) in [7, 11) is -6.12. The summed E-state index contributed by atoms with van der Waals surface area (Å²) in [6, 6.07) is 0. The minimum Gasteiger partial charge on any atom is -0.367 e. The van der Waals surface area contributed by atoms with E-state index in [9.17, 15) is 9.13 Å². The number of nitrogens with one attached hydrogen (secondary N) is 1. The van der Waals surface area contributed by atoms with Crippen LogP contribution < -0.4 is 11.2 Å². The molecular weight excluding hydrogens is 402 g/mol. The van der Waals surface area contributed by atoms with Gasteiger partial charge in [-0.2, -0.15) is 0 Å². The second kappa shape index (κ2) is 19.4. The molecule has 0 aliphatic carbocycles. The third-order valence-electron chi connectivity index (χ3n) is 2.42. The Morgan fingerprint density at radius 2 is 1.15 bits per heavy atom. The summed E-state index contributed by atoms with van der Waals surface area (Å²) < 4.78 is 53.3. The molecule has 0 fully saturated rings. The van der Waals surface area contributed by atoms with Gasteiger partial charge in [0.2, 0.25) is 0 Å². The Morgan fingerprint density at radius 1 is 0.778 bits per heavy atom. The maximum atomic E-state index is 11.7. The van der Waals surface area contributed by atoms with Gasteiger partial charge in [-0.05, 0) is 27.7 Å². The van der Waals surface area contributed by atoms with Crippen LogP contribution in [-0.2, 0) is 36.7 Å². The lowest BCUT2D eigenvalue weighted by atomic mass is 10.7. The van der Waals surface area contributed by atoms with E-state index in [1.54, 1.807) is 27.7 Å². The van der Waals surface area contributed by atoms with E-state index in [-0.39, 0.29) is 25.8 Å². The van der Waals surface area contributed by atoms with Crippen LogP contribution in [0.15, 0.2) is 0 Å². The van der Waals surface area contributed by atoms with Crippen molar-refractivity contribution in [2.45, 2.75) is 27.7 Å². The molecule has 27 heavy (non-hydrogen) atoms. The molecule has 0 aliphatic heterocycles. The Labute approximate surface area is 162 Å². The molecule has 0 heterocycles. The Balaban J connectivity index is 0. The second-order valence-electron chi connectivity index (χ2n) is 4.66. The van der Waals surface area contributed by atoms with Crippen molar-refractivity contribution < 1.29 is 41.9 Å². The van der Waals surface area contributed by atoms with E-state index in [0.717, 1.165) is 0 Å². The van der Waals surface area contributed by atoms with Crippen LogP contribution in [0.25, 0.3) is 0 Å². The molecule has 0 bridgehead atoms. The Morgan fingerprint density at radius 3 is 1.44 bits per heavy atom. The molecule has 13 heteroatoms. The van der Waals surface area contributed by atoms with E-state index >= 15 is 0 Å². The van der Waals surface area contributed by atoms with Crippen LogP contribution in [0.4, 0.5) is 0 Å². The molecule has 0 aromatic heterocycles. The van der Waals surface area contributed by atoms with Crippen LogP contribution in [0.1, 0.15) is 27.7 Å². The van der Waals surface area contributed by atoms with Gasteiger partial charge >= 0.3 is 15.2 Å². The number of hydrogen-bond acceptors (Lipinski definition) is 11. The molecule has 0 aliphatic rings. The maximum Gasteiger partial charge on any atom is 0.356 e. The van der Waals surface area contributed by atoms with E-state index in [4.69, 9.17) is 38.5 Å². The van der Waals surface area contributed by atoms with Gasteiger partial charge in [-0.3, -0.25) is 9.13 Å².